The van der Waals surface area contributed by atoms with Crippen molar-refractivity contribution < 1.29 is 21.6 Å². The Kier molecular flexibility index (Phi) is 4.34. The molecule has 3 heterocycles. The monoisotopic (exact) mass is 398 g/mol. The van der Waals surface area contributed by atoms with Gasteiger partial charge in [0.15, 0.2) is 0 Å². The lowest BCUT2D eigenvalue weighted by molar-refractivity contribution is -0.137. The van der Waals surface area contributed by atoms with Crippen LogP contribution >= 0.6 is 0 Å². The Bertz CT molecular complexity index is 923. The fourth-order valence-corrected chi connectivity index (χ4v) is 5.35. The molecular formula is C17H17F3N4O2S. The molecule has 144 valence electrons. The van der Waals surface area contributed by atoms with Crippen molar-refractivity contribution in [2.75, 3.05) is 31.1 Å². The van der Waals surface area contributed by atoms with Crippen LogP contribution in [0.2, 0.25) is 0 Å². The summed E-state index contributed by atoms with van der Waals surface area (Å²) in [7, 11) is -3.96. The number of sulfonamides is 1. The van der Waals surface area contributed by atoms with Crippen molar-refractivity contribution in [2.24, 2.45) is 11.8 Å². The number of rotatable bonds is 3. The number of anilines is 1. The van der Waals surface area contributed by atoms with Gasteiger partial charge < -0.3 is 4.90 Å². The van der Waals surface area contributed by atoms with Crippen molar-refractivity contribution in [3.63, 3.8) is 0 Å². The van der Waals surface area contributed by atoms with Crippen LogP contribution in [0.3, 0.4) is 0 Å². The average Bonchev–Trinajstić information content (AvgIpc) is 3.21. The van der Waals surface area contributed by atoms with Crippen LogP contribution < -0.4 is 4.90 Å². The zero-order valence-corrected chi connectivity index (χ0v) is 15.0. The predicted molar refractivity (Wildman–Crippen MR) is 91.4 cm³/mol. The molecule has 6 nitrogen and oxygen atoms in total. The molecule has 2 atom stereocenters. The zero-order valence-electron chi connectivity index (χ0n) is 14.2. The third-order valence-electron chi connectivity index (χ3n) is 5.09. The molecule has 10 heteroatoms. The van der Waals surface area contributed by atoms with Gasteiger partial charge in [-0.1, -0.05) is 6.07 Å². The lowest BCUT2D eigenvalue weighted by Crippen LogP contribution is -2.33. The molecule has 0 saturated carbocycles. The Morgan fingerprint density at radius 2 is 1.59 bits per heavy atom. The van der Waals surface area contributed by atoms with Crippen molar-refractivity contribution in [1.82, 2.24) is 14.3 Å². The molecule has 0 spiro atoms. The molecule has 1 aromatic heterocycles. The van der Waals surface area contributed by atoms with Crippen LogP contribution in [0.1, 0.15) is 5.56 Å². The fraction of sp³-hybridized carbons (Fsp3) is 0.412. The number of aromatic nitrogens is 2. The predicted octanol–water partition coefficient (Wildman–Crippen LogP) is 2.25. The molecule has 2 aromatic rings. The van der Waals surface area contributed by atoms with Crippen molar-refractivity contribution in [1.29, 1.82) is 0 Å². The molecule has 0 aliphatic carbocycles. The highest BCUT2D eigenvalue weighted by Gasteiger charge is 2.45. The van der Waals surface area contributed by atoms with Crippen molar-refractivity contribution >= 4 is 16.0 Å². The van der Waals surface area contributed by atoms with Gasteiger partial charge in [-0.3, -0.25) is 0 Å². The lowest BCUT2D eigenvalue weighted by Gasteiger charge is -2.21. The number of fused-ring (bicyclic) bond motifs is 1. The molecule has 2 aliphatic heterocycles. The molecule has 4 rings (SSSR count). The van der Waals surface area contributed by atoms with Crippen LogP contribution in [0.4, 0.5) is 19.1 Å². The van der Waals surface area contributed by atoms with Crippen LogP contribution in [-0.2, 0) is 16.2 Å². The van der Waals surface area contributed by atoms with E-state index in [-0.39, 0.29) is 29.8 Å². The van der Waals surface area contributed by atoms with E-state index in [1.165, 1.54) is 10.4 Å². The number of nitrogens with zero attached hydrogens (tertiary/aromatic N) is 4. The van der Waals surface area contributed by atoms with Crippen LogP contribution in [-0.4, -0.2) is 48.9 Å². The van der Waals surface area contributed by atoms with Gasteiger partial charge in [0, 0.05) is 38.6 Å². The highest BCUT2D eigenvalue weighted by Crippen LogP contribution is 2.36. The van der Waals surface area contributed by atoms with E-state index < -0.39 is 21.8 Å². The smallest absolute Gasteiger partial charge is 0.340 e. The molecule has 2 unspecified atom stereocenters. The number of hydrogen-bond donors (Lipinski definition) is 0. The first-order chi connectivity index (χ1) is 12.7. The second-order valence-electron chi connectivity index (χ2n) is 6.82. The summed E-state index contributed by atoms with van der Waals surface area (Å²) >= 11 is 0. The van der Waals surface area contributed by atoms with Crippen LogP contribution in [0.15, 0.2) is 47.6 Å². The number of alkyl halides is 3. The summed E-state index contributed by atoms with van der Waals surface area (Å²) in [6, 6.07) is 5.64. The highest BCUT2D eigenvalue weighted by atomic mass is 32.2. The second kappa shape index (κ2) is 6.45. The summed E-state index contributed by atoms with van der Waals surface area (Å²) in [6.45, 7) is 1.83. The molecule has 27 heavy (non-hydrogen) atoms. The molecule has 2 saturated heterocycles. The first kappa shape index (κ1) is 18.2. The van der Waals surface area contributed by atoms with Gasteiger partial charge in [0.1, 0.15) is 0 Å². The third-order valence-corrected chi connectivity index (χ3v) is 6.91. The van der Waals surface area contributed by atoms with Crippen molar-refractivity contribution in [2.45, 2.75) is 11.1 Å². The van der Waals surface area contributed by atoms with Gasteiger partial charge in [-0.05, 0) is 36.1 Å². The summed E-state index contributed by atoms with van der Waals surface area (Å²) in [6.07, 6.45) is -1.27. The van der Waals surface area contributed by atoms with E-state index in [4.69, 9.17) is 0 Å². The average molecular weight is 398 g/mol. The topological polar surface area (TPSA) is 66.4 Å². The second-order valence-corrected chi connectivity index (χ2v) is 8.76. The van der Waals surface area contributed by atoms with Gasteiger partial charge in [-0.15, -0.1) is 0 Å². The van der Waals surface area contributed by atoms with Crippen LogP contribution in [0.5, 0.6) is 0 Å². The maximum atomic E-state index is 12.9. The summed E-state index contributed by atoms with van der Waals surface area (Å²) in [4.78, 5) is 10.1. The van der Waals surface area contributed by atoms with E-state index in [0.29, 0.717) is 25.1 Å². The van der Waals surface area contributed by atoms with E-state index in [9.17, 15) is 21.6 Å². The Balaban J connectivity index is 1.50. The van der Waals surface area contributed by atoms with E-state index in [2.05, 4.69) is 9.97 Å². The number of hydrogen-bond acceptors (Lipinski definition) is 5. The van der Waals surface area contributed by atoms with Crippen molar-refractivity contribution in [3.05, 3.63) is 48.3 Å². The van der Waals surface area contributed by atoms with Gasteiger partial charge in [-0.2, -0.15) is 17.5 Å². The summed E-state index contributed by atoms with van der Waals surface area (Å²) in [5.74, 6) is 0.822. The molecule has 2 aliphatic rings. The minimum Gasteiger partial charge on any atom is -0.340 e. The standard InChI is InChI=1S/C17H17F3N4O2S/c18-17(19,20)14-3-1-4-15(7-14)27(25,26)24-10-12-8-23(9-13(12)11-24)16-21-5-2-6-22-16/h1-7,12-13H,8-11H2. The zero-order chi connectivity index (χ0) is 19.2. The maximum absolute atomic E-state index is 12.9. The molecule has 0 bridgehead atoms. The van der Waals surface area contributed by atoms with Crippen molar-refractivity contribution in [3.8, 4) is 0 Å². The highest BCUT2D eigenvalue weighted by molar-refractivity contribution is 7.89. The van der Waals surface area contributed by atoms with E-state index >= 15 is 0 Å². The summed E-state index contributed by atoms with van der Waals surface area (Å²) in [5, 5.41) is 0. The lowest BCUT2D eigenvalue weighted by atomic mass is 10.0. The van der Waals surface area contributed by atoms with E-state index in [0.717, 1.165) is 12.1 Å². The Morgan fingerprint density at radius 3 is 2.19 bits per heavy atom. The molecule has 0 N–H and O–H groups in total. The van der Waals surface area contributed by atoms with Gasteiger partial charge >= 0.3 is 6.18 Å². The summed E-state index contributed by atoms with van der Waals surface area (Å²) in [5.41, 5.74) is -0.963. The number of benzene rings is 1. The minimum atomic E-state index is -4.58. The molecule has 0 radical (unpaired) electrons. The summed E-state index contributed by atoms with van der Waals surface area (Å²) < 4.78 is 65.6. The van der Waals surface area contributed by atoms with Gasteiger partial charge in [0.2, 0.25) is 16.0 Å². The SMILES string of the molecule is O=S(=O)(c1cccc(C(F)(F)F)c1)N1CC2CN(c3ncccn3)CC2C1. The largest absolute Gasteiger partial charge is 0.416 e. The normalized spacial score (nSPS) is 23.6. The molecule has 2 fully saturated rings. The molecule has 1 aromatic carbocycles. The minimum absolute atomic E-state index is 0.106. The van der Waals surface area contributed by atoms with Gasteiger partial charge in [0.25, 0.3) is 0 Å². The Hall–Kier alpha value is -2.20. The number of halogens is 3. The van der Waals surface area contributed by atoms with E-state index in [1.54, 1.807) is 18.5 Å². The first-order valence-electron chi connectivity index (χ1n) is 8.44. The van der Waals surface area contributed by atoms with Gasteiger partial charge in [0.05, 0.1) is 10.5 Å². The van der Waals surface area contributed by atoms with Crippen LogP contribution in [0, 0.1) is 11.8 Å². The molecular weight excluding hydrogens is 381 g/mol. The van der Waals surface area contributed by atoms with E-state index in [1.807, 2.05) is 4.90 Å². The Labute approximate surface area is 154 Å². The third kappa shape index (κ3) is 3.39. The maximum Gasteiger partial charge on any atom is 0.416 e. The molecule has 0 amide bonds. The quantitative estimate of drug-likeness (QED) is 0.794. The first-order valence-corrected chi connectivity index (χ1v) is 9.88. The fourth-order valence-electron chi connectivity index (χ4n) is 3.75. The van der Waals surface area contributed by atoms with Gasteiger partial charge in [-0.25, -0.2) is 18.4 Å². The Morgan fingerprint density at radius 1 is 0.963 bits per heavy atom. The van der Waals surface area contributed by atoms with Crippen LogP contribution in [0.25, 0.3) is 0 Å².